The Bertz CT molecular complexity index is 1280. The highest BCUT2D eigenvalue weighted by Gasteiger charge is 2.43. The van der Waals surface area contributed by atoms with E-state index < -0.39 is 33.5 Å². The lowest BCUT2D eigenvalue weighted by atomic mass is 9.90. The Balaban J connectivity index is 1.74. The van der Waals surface area contributed by atoms with E-state index in [1.807, 2.05) is 0 Å². The van der Waals surface area contributed by atoms with Gasteiger partial charge < -0.3 is 4.18 Å². The van der Waals surface area contributed by atoms with Crippen molar-refractivity contribution in [3.8, 4) is 11.6 Å². The molecule has 2 aliphatic rings. The van der Waals surface area contributed by atoms with Gasteiger partial charge in [-0.3, -0.25) is 0 Å². The molecular weight excluding hydrogens is 453 g/mol. The molecular formula is C21H16ClF3N2O3S. The molecule has 1 unspecified atom stereocenters. The molecule has 1 aliphatic heterocycles. The maximum absolute atomic E-state index is 13.3. The van der Waals surface area contributed by atoms with Crippen LogP contribution in [0.15, 0.2) is 48.5 Å². The zero-order valence-electron chi connectivity index (χ0n) is 15.9. The van der Waals surface area contributed by atoms with Gasteiger partial charge in [0.1, 0.15) is 0 Å². The van der Waals surface area contributed by atoms with E-state index in [0.29, 0.717) is 22.0 Å². The number of fused-ring (bicyclic) bond motifs is 1. The van der Waals surface area contributed by atoms with Crippen LogP contribution in [0.3, 0.4) is 0 Å². The van der Waals surface area contributed by atoms with E-state index in [4.69, 9.17) is 15.8 Å². The number of rotatable bonds is 3. The van der Waals surface area contributed by atoms with E-state index in [1.54, 1.807) is 24.3 Å². The second kappa shape index (κ2) is 7.00. The third-order valence-corrected chi connectivity index (χ3v) is 6.97. The molecule has 5 rings (SSSR count). The van der Waals surface area contributed by atoms with Crippen LogP contribution in [0.5, 0.6) is 5.88 Å². The van der Waals surface area contributed by atoms with Crippen LogP contribution in [0.1, 0.15) is 47.1 Å². The molecule has 1 saturated carbocycles. The second-order valence-electron chi connectivity index (χ2n) is 7.73. The van der Waals surface area contributed by atoms with E-state index >= 15 is 0 Å². The van der Waals surface area contributed by atoms with Crippen LogP contribution in [0.4, 0.5) is 13.2 Å². The topological polar surface area (TPSA) is 61.2 Å². The molecule has 2 heterocycles. The lowest BCUT2D eigenvalue weighted by Crippen LogP contribution is -2.27. The molecule has 1 aromatic heterocycles. The largest absolute Gasteiger partial charge is 0.416 e. The average molecular weight is 469 g/mol. The summed E-state index contributed by atoms with van der Waals surface area (Å²) in [6.07, 6.45) is -2.80. The van der Waals surface area contributed by atoms with Gasteiger partial charge in [0.25, 0.3) is 0 Å². The van der Waals surface area contributed by atoms with Crippen molar-refractivity contribution in [2.75, 3.05) is 5.75 Å². The number of hydrogen-bond acceptors (Lipinski definition) is 4. The molecule has 0 radical (unpaired) electrons. The maximum atomic E-state index is 13.3. The Morgan fingerprint density at radius 3 is 2.52 bits per heavy atom. The molecule has 31 heavy (non-hydrogen) atoms. The summed E-state index contributed by atoms with van der Waals surface area (Å²) in [7, 11) is -4.06. The van der Waals surface area contributed by atoms with Crippen molar-refractivity contribution in [3.05, 3.63) is 75.9 Å². The number of benzene rings is 2. The minimum absolute atomic E-state index is 0.0105. The molecule has 1 fully saturated rings. The van der Waals surface area contributed by atoms with Crippen molar-refractivity contribution in [2.45, 2.75) is 30.9 Å². The summed E-state index contributed by atoms with van der Waals surface area (Å²) in [5.74, 6) is -1.20. The first-order valence-electron chi connectivity index (χ1n) is 9.61. The number of para-hydroxylation sites is 1. The summed E-state index contributed by atoms with van der Waals surface area (Å²) in [6.45, 7) is 0. The number of nitrogens with zero attached hydrogens (tertiary/aromatic N) is 2. The summed E-state index contributed by atoms with van der Waals surface area (Å²) in [5, 5.41) is 4.96. The van der Waals surface area contributed by atoms with Gasteiger partial charge in [0, 0.05) is 17.4 Å². The lowest BCUT2D eigenvalue weighted by molar-refractivity contribution is -0.137. The van der Waals surface area contributed by atoms with Crippen molar-refractivity contribution >= 4 is 21.7 Å². The fourth-order valence-corrected chi connectivity index (χ4v) is 5.37. The van der Waals surface area contributed by atoms with Gasteiger partial charge in [0.2, 0.25) is 5.88 Å². The number of halogens is 4. The Kier molecular flexibility index (Phi) is 4.60. The number of aromatic nitrogens is 2. The van der Waals surface area contributed by atoms with Crippen LogP contribution < -0.4 is 4.18 Å². The first-order chi connectivity index (χ1) is 14.6. The Labute approximate surface area is 181 Å². The van der Waals surface area contributed by atoms with Crippen molar-refractivity contribution in [1.82, 2.24) is 9.78 Å². The summed E-state index contributed by atoms with van der Waals surface area (Å²) < 4.78 is 71.8. The van der Waals surface area contributed by atoms with Gasteiger partial charge in [0.15, 0.2) is 0 Å². The number of hydrogen-bond donors (Lipinski definition) is 0. The van der Waals surface area contributed by atoms with Crippen molar-refractivity contribution in [3.63, 3.8) is 0 Å². The first kappa shape index (κ1) is 20.4. The smallest absolute Gasteiger partial charge is 0.361 e. The molecule has 0 N–H and O–H groups in total. The zero-order chi connectivity index (χ0) is 22.0. The van der Waals surface area contributed by atoms with Gasteiger partial charge in [-0.2, -0.15) is 31.4 Å². The number of alkyl halides is 3. The van der Waals surface area contributed by atoms with Crippen molar-refractivity contribution in [2.24, 2.45) is 0 Å². The molecule has 162 valence electrons. The Morgan fingerprint density at radius 2 is 1.84 bits per heavy atom. The van der Waals surface area contributed by atoms with Crippen LogP contribution in [-0.2, 0) is 16.3 Å². The molecule has 0 bridgehead atoms. The van der Waals surface area contributed by atoms with Crippen molar-refractivity contribution < 1.29 is 25.8 Å². The summed E-state index contributed by atoms with van der Waals surface area (Å²) in [5.41, 5.74) is 1.02. The second-order valence-corrected chi connectivity index (χ2v) is 9.75. The van der Waals surface area contributed by atoms with Gasteiger partial charge in [-0.1, -0.05) is 41.9 Å². The molecule has 3 aromatic rings. The first-order valence-corrected chi connectivity index (χ1v) is 11.6. The molecule has 0 amide bonds. The maximum Gasteiger partial charge on any atom is 0.416 e. The summed E-state index contributed by atoms with van der Waals surface area (Å²) in [4.78, 5) is 0. The normalized spacial score (nSPS) is 20.2. The lowest BCUT2D eigenvalue weighted by Gasteiger charge is -2.25. The predicted octanol–water partition coefficient (Wildman–Crippen LogP) is 5.28. The highest BCUT2D eigenvalue weighted by atomic mass is 35.5. The minimum atomic E-state index is -4.54. The summed E-state index contributed by atoms with van der Waals surface area (Å²) in [6, 6.07) is 11.5. The van der Waals surface area contributed by atoms with E-state index in [-0.39, 0.29) is 17.4 Å². The monoisotopic (exact) mass is 468 g/mol. The van der Waals surface area contributed by atoms with Crippen LogP contribution in [0.2, 0.25) is 5.02 Å². The van der Waals surface area contributed by atoms with E-state index in [1.165, 1.54) is 16.8 Å². The Hall–Kier alpha value is -2.52. The van der Waals surface area contributed by atoms with E-state index in [9.17, 15) is 21.6 Å². The Morgan fingerprint density at radius 1 is 1.10 bits per heavy atom. The van der Waals surface area contributed by atoms with Crippen LogP contribution in [0, 0.1) is 0 Å². The highest BCUT2D eigenvalue weighted by Crippen LogP contribution is 2.50. The predicted molar refractivity (Wildman–Crippen MR) is 108 cm³/mol. The molecule has 2 aromatic carbocycles. The van der Waals surface area contributed by atoms with Gasteiger partial charge in [-0.25, -0.2) is 0 Å². The van der Waals surface area contributed by atoms with Crippen molar-refractivity contribution in [1.29, 1.82) is 0 Å². The summed E-state index contributed by atoms with van der Waals surface area (Å²) >= 11 is 6.31. The zero-order valence-corrected chi connectivity index (χ0v) is 17.5. The van der Waals surface area contributed by atoms with E-state index in [0.717, 1.165) is 25.0 Å². The van der Waals surface area contributed by atoms with Gasteiger partial charge in [-0.15, -0.1) is 0 Å². The van der Waals surface area contributed by atoms with Gasteiger partial charge in [0.05, 0.1) is 27.7 Å². The fourth-order valence-electron chi connectivity index (χ4n) is 3.92. The molecule has 0 spiro atoms. The molecule has 10 heteroatoms. The third-order valence-electron chi connectivity index (χ3n) is 5.49. The van der Waals surface area contributed by atoms with Gasteiger partial charge in [-0.05, 0) is 36.6 Å². The quantitative estimate of drug-likeness (QED) is 0.491. The highest BCUT2D eigenvalue weighted by molar-refractivity contribution is 7.87. The standard InChI is InChI=1S/C21H16ClF3N2O3S/c22-16-6-1-2-7-17(16)27-20-18(19(26-27)12-8-9-12)15(11-31(28,29)30-20)13-4-3-5-14(10-13)21(23,24)25/h1-7,10,12,15H,8-9,11H2. The van der Waals surface area contributed by atoms with Gasteiger partial charge >= 0.3 is 16.3 Å². The van der Waals surface area contributed by atoms with Crippen LogP contribution in [0.25, 0.3) is 5.69 Å². The molecule has 0 saturated heterocycles. The fraction of sp³-hybridized carbons (Fsp3) is 0.286. The average Bonchev–Trinajstić information content (AvgIpc) is 3.48. The molecule has 1 atom stereocenters. The minimum Gasteiger partial charge on any atom is -0.361 e. The van der Waals surface area contributed by atoms with Crippen LogP contribution in [-0.4, -0.2) is 24.0 Å². The third kappa shape index (κ3) is 3.70. The SMILES string of the molecule is O=S1(=O)CC(c2cccc(C(F)(F)F)c2)c2c(C3CC3)nn(-c3ccccc3Cl)c2O1. The molecule has 1 aliphatic carbocycles. The molecule has 5 nitrogen and oxygen atoms in total. The van der Waals surface area contributed by atoms with Crippen LogP contribution >= 0.6 is 11.6 Å². The van der Waals surface area contributed by atoms with E-state index in [2.05, 4.69) is 5.10 Å².